The fraction of sp³-hybridized carbons (Fsp3) is 0.238. The Morgan fingerprint density at radius 2 is 1.48 bits per heavy atom. The Hall–Kier alpha value is -2.72. The zero-order valence-electron chi connectivity index (χ0n) is 14.0. The molecule has 126 valence electrons. The lowest BCUT2D eigenvalue weighted by molar-refractivity contribution is 0.104. The van der Waals surface area contributed by atoms with Crippen molar-refractivity contribution >= 4 is 16.6 Å². The minimum absolute atomic E-state index is 0.0116. The number of nitrogens with two attached hydrogens (primary N) is 1. The van der Waals surface area contributed by atoms with E-state index in [9.17, 15) is 9.59 Å². The van der Waals surface area contributed by atoms with Crippen LogP contribution in [0.15, 0.2) is 53.3 Å². The number of nitrogens with zero attached hydrogens (tertiary/aromatic N) is 1. The summed E-state index contributed by atoms with van der Waals surface area (Å²) in [6.07, 6.45) is 2.79. The molecule has 1 aliphatic rings. The molecule has 0 saturated carbocycles. The van der Waals surface area contributed by atoms with Crippen LogP contribution in [0, 0.1) is 0 Å². The summed E-state index contributed by atoms with van der Waals surface area (Å²) in [5.41, 5.74) is 8.54. The number of benzene rings is 2. The van der Waals surface area contributed by atoms with Gasteiger partial charge in [-0.25, -0.2) is 0 Å². The summed E-state index contributed by atoms with van der Waals surface area (Å²) in [5, 5.41) is 1.36. The highest BCUT2D eigenvalue weighted by Gasteiger charge is 2.31. The van der Waals surface area contributed by atoms with Gasteiger partial charge in [0, 0.05) is 28.4 Å². The number of carbonyl (C=O) groups is 1. The molecule has 0 fully saturated rings. The van der Waals surface area contributed by atoms with E-state index in [0.29, 0.717) is 29.6 Å². The van der Waals surface area contributed by atoms with Crippen molar-refractivity contribution in [2.24, 2.45) is 5.73 Å². The molecule has 25 heavy (non-hydrogen) atoms. The lowest BCUT2D eigenvalue weighted by Crippen LogP contribution is -2.23. The van der Waals surface area contributed by atoms with Gasteiger partial charge in [0.15, 0.2) is 5.78 Å². The Bertz CT molecular complexity index is 1030. The topological polar surface area (TPSA) is 65.1 Å². The van der Waals surface area contributed by atoms with Gasteiger partial charge < -0.3 is 10.3 Å². The van der Waals surface area contributed by atoms with Gasteiger partial charge in [-0.15, -0.1) is 0 Å². The minimum Gasteiger partial charge on any atom is -0.330 e. The van der Waals surface area contributed by atoms with E-state index in [0.717, 1.165) is 35.9 Å². The van der Waals surface area contributed by atoms with Crippen molar-refractivity contribution in [2.75, 3.05) is 6.54 Å². The monoisotopic (exact) mass is 332 g/mol. The Kier molecular flexibility index (Phi) is 3.98. The molecule has 0 radical (unpaired) electrons. The fourth-order valence-electron chi connectivity index (χ4n) is 3.73. The second-order valence-corrected chi connectivity index (χ2v) is 6.45. The van der Waals surface area contributed by atoms with Crippen molar-refractivity contribution in [3.05, 3.63) is 70.0 Å². The number of unbranched alkanes of at least 4 members (excludes halogenated alkanes) is 2. The number of hydrogen-bond acceptors (Lipinski definition) is 3. The Morgan fingerprint density at radius 3 is 2.24 bits per heavy atom. The van der Waals surface area contributed by atoms with Crippen LogP contribution in [-0.4, -0.2) is 16.9 Å². The van der Waals surface area contributed by atoms with E-state index in [1.807, 2.05) is 48.5 Å². The van der Waals surface area contributed by atoms with Gasteiger partial charge in [0.2, 0.25) is 0 Å². The summed E-state index contributed by atoms with van der Waals surface area (Å²) in [4.78, 5) is 26.1. The van der Waals surface area contributed by atoms with E-state index >= 15 is 0 Å². The van der Waals surface area contributed by atoms with Crippen molar-refractivity contribution in [1.29, 1.82) is 0 Å². The van der Waals surface area contributed by atoms with E-state index in [2.05, 4.69) is 0 Å². The first-order valence-corrected chi connectivity index (χ1v) is 8.73. The van der Waals surface area contributed by atoms with Crippen LogP contribution in [-0.2, 0) is 6.54 Å². The molecule has 1 aromatic heterocycles. The second-order valence-electron chi connectivity index (χ2n) is 6.45. The number of carbonyl (C=O) groups excluding carboxylic acids is 1. The van der Waals surface area contributed by atoms with Crippen molar-refractivity contribution in [2.45, 2.75) is 25.8 Å². The van der Waals surface area contributed by atoms with E-state index in [-0.39, 0.29) is 11.3 Å². The van der Waals surface area contributed by atoms with Gasteiger partial charge in [0.05, 0.1) is 11.3 Å². The minimum atomic E-state index is -0.0217. The highest BCUT2D eigenvalue weighted by Crippen LogP contribution is 2.39. The summed E-state index contributed by atoms with van der Waals surface area (Å²) >= 11 is 0. The van der Waals surface area contributed by atoms with Crippen LogP contribution in [0.2, 0.25) is 0 Å². The van der Waals surface area contributed by atoms with Crippen LogP contribution in [0.1, 0.15) is 35.2 Å². The third-order valence-electron chi connectivity index (χ3n) is 4.92. The SMILES string of the molecule is NCCCCCn1c2c(c3ccccc3c1=O)C(=O)c1ccccc1-2. The molecule has 1 aliphatic carbocycles. The lowest BCUT2D eigenvalue weighted by atomic mass is 10.0. The average molecular weight is 332 g/mol. The van der Waals surface area contributed by atoms with Gasteiger partial charge in [0.25, 0.3) is 5.56 Å². The molecule has 0 aliphatic heterocycles. The van der Waals surface area contributed by atoms with Crippen molar-refractivity contribution in [3.8, 4) is 11.3 Å². The fourth-order valence-corrected chi connectivity index (χ4v) is 3.73. The number of aromatic nitrogens is 1. The van der Waals surface area contributed by atoms with E-state index in [1.54, 1.807) is 4.57 Å². The Labute approximate surface area is 145 Å². The summed E-state index contributed by atoms with van der Waals surface area (Å²) in [6.45, 7) is 1.26. The zero-order valence-corrected chi connectivity index (χ0v) is 14.0. The van der Waals surface area contributed by atoms with Gasteiger partial charge in [-0.05, 0) is 25.5 Å². The Morgan fingerprint density at radius 1 is 0.800 bits per heavy atom. The molecule has 0 amide bonds. The van der Waals surface area contributed by atoms with Gasteiger partial charge >= 0.3 is 0 Å². The molecular formula is C21H20N2O2. The Balaban J connectivity index is 1.98. The molecule has 0 saturated heterocycles. The predicted molar refractivity (Wildman–Crippen MR) is 100.0 cm³/mol. The maximum Gasteiger partial charge on any atom is 0.258 e. The summed E-state index contributed by atoms with van der Waals surface area (Å²) in [7, 11) is 0. The van der Waals surface area contributed by atoms with Crippen LogP contribution in [0.5, 0.6) is 0 Å². The summed E-state index contributed by atoms with van der Waals surface area (Å²) in [5.74, 6) is 0.0116. The number of hydrogen-bond donors (Lipinski definition) is 1. The largest absolute Gasteiger partial charge is 0.330 e. The molecule has 2 N–H and O–H groups in total. The van der Waals surface area contributed by atoms with Gasteiger partial charge in [-0.3, -0.25) is 9.59 Å². The molecule has 4 rings (SSSR count). The molecule has 0 unspecified atom stereocenters. The molecule has 0 atom stereocenters. The van der Waals surface area contributed by atoms with Gasteiger partial charge in [-0.1, -0.05) is 48.9 Å². The second kappa shape index (κ2) is 6.30. The van der Waals surface area contributed by atoms with Crippen LogP contribution >= 0.6 is 0 Å². The molecule has 4 nitrogen and oxygen atoms in total. The van der Waals surface area contributed by atoms with Gasteiger partial charge in [-0.2, -0.15) is 0 Å². The zero-order chi connectivity index (χ0) is 17.4. The number of rotatable bonds is 5. The third-order valence-corrected chi connectivity index (χ3v) is 4.92. The molecule has 4 heteroatoms. The first-order valence-electron chi connectivity index (χ1n) is 8.73. The molecule has 1 heterocycles. The van der Waals surface area contributed by atoms with Crippen LogP contribution in [0.4, 0.5) is 0 Å². The number of fused-ring (bicyclic) bond motifs is 5. The van der Waals surface area contributed by atoms with Crippen LogP contribution < -0.4 is 11.3 Å². The maximum absolute atomic E-state index is 13.1. The highest BCUT2D eigenvalue weighted by atomic mass is 16.1. The van der Waals surface area contributed by atoms with Crippen molar-refractivity contribution in [1.82, 2.24) is 4.57 Å². The molecule has 3 aromatic rings. The van der Waals surface area contributed by atoms with E-state index in [4.69, 9.17) is 5.73 Å². The predicted octanol–water partition coefficient (Wildman–Crippen LogP) is 3.34. The normalized spacial score (nSPS) is 12.4. The quantitative estimate of drug-likeness (QED) is 0.570. The van der Waals surface area contributed by atoms with Crippen molar-refractivity contribution < 1.29 is 4.79 Å². The maximum atomic E-state index is 13.1. The highest BCUT2D eigenvalue weighted by molar-refractivity contribution is 6.26. The first-order chi connectivity index (χ1) is 12.2. The first kappa shape index (κ1) is 15.8. The van der Waals surface area contributed by atoms with E-state index in [1.165, 1.54) is 0 Å². The molecule has 0 bridgehead atoms. The molecule has 2 aromatic carbocycles. The molecular weight excluding hydrogens is 312 g/mol. The van der Waals surface area contributed by atoms with Gasteiger partial charge in [0.1, 0.15) is 0 Å². The average Bonchev–Trinajstić information content (AvgIpc) is 2.94. The van der Waals surface area contributed by atoms with Crippen molar-refractivity contribution in [3.63, 3.8) is 0 Å². The number of pyridine rings is 1. The van der Waals surface area contributed by atoms with Crippen LogP contribution in [0.3, 0.4) is 0 Å². The third kappa shape index (κ3) is 2.41. The smallest absolute Gasteiger partial charge is 0.258 e. The number of ketones is 1. The summed E-state index contributed by atoms with van der Waals surface area (Å²) < 4.78 is 1.79. The standard InChI is InChI=1S/C21H20N2O2/c22-12-6-1-7-13-23-19-15-9-3-4-10-16(15)20(24)18(19)14-8-2-5-11-17(14)21(23)25/h2-5,8-11H,1,6-7,12-13,22H2. The lowest BCUT2D eigenvalue weighted by Gasteiger charge is -2.15. The van der Waals surface area contributed by atoms with Crippen LogP contribution in [0.25, 0.3) is 22.0 Å². The van der Waals surface area contributed by atoms with E-state index < -0.39 is 0 Å². The molecule has 0 spiro atoms. The summed E-state index contributed by atoms with van der Waals surface area (Å²) in [6, 6.07) is 15.0.